The van der Waals surface area contributed by atoms with Gasteiger partial charge in [0, 0.05) is 5.56 Å². The second kappa shape index (κ2) is 4.57. The van der Waals surface area contributed by atoms with E-state index >= 15 is 0 Å². The third kappa shape index (κ3) is 3.83. The van der Waals surface area contributed by atoms with Crippen molar-refractivity contribution in [3.63, 3.8) is 0 Å². The van der Waals surface area contributed by atoms with Gasteiger partial charge in [0.25, 0.3) is 0 Å². The maximum Gasteiger partial charge on any atom is 0.573 e. The van der Waals surface area contributed by atoms with Crippen LogP contribution >= 0.6 is 11.8 Å². The molecule has 1 rings (SSSR count). The van der Waals surface area contributed by atoms with E-state index in [-0.39, 0.29) is 10.9 Å². The van der Waals surface area contributed by atoms with Crippen LogP contribution in [0.2, 0.25) is 0 Å². The van der Waals surface area contributed by atoms with Crippen molar-refractivity contribution < 1.29 is 22.7 Å². The zero-order valence-corrected chi connectivity index (χ0v) is 8.48. The maximum absolute atomic E-state index is 11.8. The molecule has 6 heteroatoms. The lowest BCUT2D eigenvalue weighted by molar-refractivity contribution is -0.274. The molecule has 0 N–H and O–H groups in total. The summed E-state index contributed by atoms with van der Waals surface area (Å²) < 4.78 is 39.0. The van der Waals surface area contributed by atoms with Crippen molar-refractivity contribution in [2.45, 2.75) is 6.36 Å². The summed E-state index contributed by atoms with van der Waals surface area (Å²) >= 11 is 0.995. The van der Waals surface area contributed by atoms with E-state index in [1.165, 1.54) is 12.1 Å². The Morgan fingerprint density at radius 2 is 1.80 bits per heavy atom. The molecule has 82 valence electrons. The fraction of sp³-hybridized carbons (Fsp3) is 0.222. The average molecular weight is 236 g/mol. The second-order valence-electron chi connectivity index (χ2n) is 2.56. The smallest absolute Gasteiger partial charge is 0.406 e. The number of ether oxygens (including phenoxy) is 1. The van der Waals surface area contributed by atoms with Gasteiger partial charge in [0.05, 0.1) is 0 Å². The molecule has 0 heterocycles. The van der Waals surface area contributed by atoms with Crippen molar-refractivity contribution in [2.75, 3.05) is 6.26 Å². The lowest BCUT2D eigenvalue weighted by atomic mass is 10.2. The van der Waals surface area contributed by atoms with Crippen LogP contribution in [-0.4, -0.2) is 17.7 Å². The molecule has 0 saturated heterocycles. The minimum Gasteiger partial charge on any atom is -0.406 e. The molecule has 0 spiro atoms. The van der Waals surface area contributed by atoms with Gasteiger partial charge >= 0.3 is 6.36 Å². The molecule has 0 aromatic heterocycles. The first-order valence-electron chi connectivity index (χ1n) is 3.86. The van der Waals surface area contributed by atoms with Crippen molar-refractivity contribution in [3.05, 3.63) is 29.8 Å². The predicted octanol–water partition coefficient (Wildman–Crippen LogP) is 3.09. The lowest BCUT2D eigenvalue weighted by Crippen LogP contribution is -2.17. The maximum atomic E-state index is 11.8. The number of alkyl halides is 3. The lowest BCUT2D eigenvalue weighted by Gasteiger charge is -2.08. The van der Waals surface area contributed by atoms with E-state index in [0.29, 0.717) is 5.56 Å². The SMILES string of the molecule is CSC(=O)c1ccc(OC(F)(F)F)cc1. The number of hydrogen-bond donors (Lipinski definition) is 0. The van der Waals surface area contributed by atoms with Gasteiger partial charge in [0.15, 0.2) is 0 Å². The highest BCUT2D eigenvalue weighted by Gasteiger charge is 2.30. The minimum atomic E-state index is -4.70. The molecule has 1 aromatic rings. The Bertz CT molecular complexity index is 345. The zero-order chi connectivity index (χ0) is 11.5. The molecule has 0 saturated carbocycles. The first-order valence-corrected chi connectivity index (χ1v) is 5.09. The number of rotatable bonds is 2. The molecule has 0 fully saturated rings. The predicted molar refractivity (Wildman–Crippen MR) is 51.0 cm³/mol. The Hall–Kier alpha value is -1.17. The Labute approximate surface area is 88.4 Å². The van der Waals surface area contributed by atoms with Crippen LogP contribution in [0.3, 0.4) is 0 Å². The summed E-state index contributed by atoms with van der Waals surface area (Å²) in [5.41, 5.74) is 0.344. The van der Waals surface area contributed by atoms with Crippen LogP contribution in [0.4, 0.5) is 13.2 Å². The van der Waals surface area contributed by atoms with E-state index in [1.807, 2.05) is 0 Å². The van der Waals surface area contributed by atoms with Gasteiger partial charge in [-0.15, -0.1) is 13.2 Å². The van der Waals surface area contributed by atoms with E-state index in [0.717, 1.165) is 23.9 Å². The number of benzene rings is 1. The number of carbonyl (C=O) groups excluding carboxylic acids is 1. The molecule has 0 radical (unpaired) electrons. The highest BCUT2D eigenvalue weighted by atomic mass is 32.2. The molecule has 0 aliphatic carbocycles. The van der Waals surface area contributed by atoms with E-state index in [1.54, 1.807) is 6.26 Å². The van der Waals surface area contributed by atoms with Crippen molar-refractivity contribution in [2.24, 2.45) is 0 Å². The number of thioether (sulfide) groups is 1. The van der Waals surface area contributed by atoms with Crippen molar-refractivity contribution >= 4 is 16.9 Å². The average Bonchev–Trinajstić information content (AvgIpc) is 2.15. The summed E-state index contributed by atoms with van der Waals surface area (Å²) in [7, 11) is 0. The molecule has 0 amide bonds. The first kappa shape index (κ1) is 11.9. The first-order chi connectivity index (χ1) is 6.92. The standard InChI is InChI=1S/C9H7F3O2S/c1-15-8(13)6-2-4-7(5-3-6)14-9(10,11)12/h2-5H,1H3. The molecule has 0 aliphatic rings. The number of hydrogen-bond acceptors (Lipinski definition) is 3. The monoisotopic (exact) mass is 236 g/mol. The van der Waals surface area contributed by atoms with Gasteiger partial charge in [0.1, 0.15) is 5.75 Å². The molecule has 0 unspecified atom stereocenters. The number of carbonyl (C=O) groups is 1. The minimum absolute atomic E-state index is 0.200. The van der Waals surface area contributed by atoms with Crippen LogP contribution in [0.1, 0.15) is 10.4 Å². The van der Waals surface area contributed by atoms with E-state index < -0.39 is 6.36 Å². The van der Waals surface area contributed by atoms with Crippen LogP contribution in [0.15, 0.2) is 24.3 Å². The topological polar surface area (TPSA) is 26.3 Å². The zero-order valence-electron chi connectivity index (χ0n) is 7.67. The molecule has 15 heavy (non-hydrogen) atoms. The number of halogens is 3. The Morgan fingerprint density at radius 1 is 1.27 bits per heavy atom. The van der Waals surface area contributed by atoms with E-state index in [2.05, 4.69) is 4.74 Å². The molecule has 0 bridgehead atoms. The van der Waals surface area contributed by atoms with Gasteiger partial charge in [-0.3, -0.25) is 4.79 Å². The molecular formula is C9H7F3O2S. The van der Waals surface area contributed by atoms with E-state index in [4.69, 9.17) is 0 Å². The van der Waals surface area contributed by atoms with Crippen LogP contribution in [0.5, 0.6) is 5.75 Å². The van der Waals surface area contributed by atoms with Crippen molar-refractivity contribution in [1.29, 1.82) is 0 Å². The van der Waals surface area contributed by atoms with Gasteiger partial charge in [-0.1, -0.05) is 11.8 Å². The molecule has 1 aromatic carbocycles. The van der Waals surface area contributed by atoms with Gasteiger partial charge < -0.3 is 4.74 Å². The van der Waals surface area contributed by atoms with E-state index in [9.17, 15) is 18.0 Å². The van der Waals surface area contributed by atoms with Gasteiger partial charge in [-0.2, -0.15) is 0 Å². The van der Waals surface area contributed by atoms with Crippen molar-refractivity contribution in [3.8, 4) is 5.75 Å². The van der Waals surface area contributed by atoms with Gasteiger partial charge in [0.2, 0.25) is 5.12 Å². The van der Waals surface area contributed by atoms with Crippen LogP contribution in [0, 0.1) is 0 Å². The summed E-state index contributed by atoms with van der Waals surface area (Å²) in [5, 5.41) is -0.200. The summed E-state index contributed by atoms with van der Waals surface area (Å²) in [6.07, 6.45) is -3.10. The fourth-order valence-corrected chi connectivity index (χ4v) is 1.28. The fourth-order valence-electron chi connectivity index (χ4n) is 0.911. The normalized spacial score (nSPS) is 11.2. The van der Waals surface area contributed by atoms with Crippen LogP contribution in [-0.2, 0) is 0 Å². The third-order valence-corrected chi connectivity index (χ3v) is 2.12. The quantitative estimate of drug-likeness (QED) is 0.789. The summed E-state index contributed by atoms with van der Waals surface area (Å²) in [6, 6.07) is 4.80. The third-order valence-electron chi connectivity index (χ3n) is 1.51. The highest BCUT2D eigenvalue weighted by Crippen LogP contribution is 2.23. The molecular weight excluding hydrogens is 229 g/mol. The van der Waals surface area contributed by atoms with Crippen LogP contribution < -0.4 is 4.74 Å². The summed E-state index contributed by atoms with van der Waals surface area (Å²) in [4.78, 5) is 11.1. The Balaban J connectivity index is 2.77. The van der Waals surface area contributed by atoms with Gasteiger partial charge in [-0.05, 0) is 30.5 Å². The summed E-state index contributed by atoms with van der Waals surface area (Å²) in [6.45, 7) is 0. The Morgan fingerprint density at radius 3 is 2.20 bits per heavy atom. The van der Waals surface area contributed by atoms with Gasteiger partial charge in [-0.25, -0.2) is 0 Å². The van der Waals surface area contributed by atoms with Crippen molar-refractivity contribution in [1.82, 2.24) is 0 Å². The molecule has 2 nitrogen and oxygen atoms in total. The second-order valence-corrected chi connectivity index (χ2v) is 3.34. The highest BCUT2D eigenvalue weighted by molar-refractivity contribution is 8.13. The molecule has 0 atom stereocenters. The van der Waals surface area contributed by atoms with Crippen LogP contribution in [0.25, 0.3) is 0 Å². The Kier molecular flexibility index (Phi) is 3.62. The summed E-state index contributed by atoms with van der Waals surface area (Å²) in [5.74, 6) is -0.333. The largest absolute Gasteiger partial charge is 0.573 e. The molecule has 0 aliphatic heterocycles.